The van der Waals surface area contributed by atoms with Crippen molar-refractivity contribution in [3.8, 4) is 0 Å². The van der Waals surface area contributed by atoms with Crippen molar-refractivity contribution in [3.63, 3.8) is 0 Å². The van der Waals surface area contributed by atoms with Crippen molar-refractivity contribution in [2.45, 2.75) is 136 Å². The van der Waals surface area contributed by atoms with Gasteiger partial charge < -0.3 is 18.1 Å². The Kier molecular flexibility index (Phi) is 9.21. The second-order valence-corrected chi connectivity index (χ2v) is 30.4. The highest BCUT2D eigenvalue weighted by molar-refractivity contribution is 6.70. The third-order valence-electron chi connectivity index (χ3n) is 10.8. The zero-order valence-corrected chi connectivity index (χ0v) is 30.5. The smallest absolute Gasteiger partial charge is 0.184 e. The van der Waals surface area contributed by atoms with Gasteiger partial charge in [-0.05, 0) is 145 Å². The Morgan fingerprint density at radius 1 is 0.795 bits per heavy atom. The summed E-state index contributed by atoms with van der Waals surface area (Å²) in [6.45, 7) is 26.9. The largest absolute Gasteiger partial charge is 0.415 e. The summed E-state index contributed by atoms with van der Waals surface area (Å²) >= 11 is 0. The molecule has 0 aromatic heterocycles. The monoisotopic (exact) mass is 595 g/mol. The Morgan fingerprint density at radius 3 is 2.05 bits per heavy atom. The van der Waals surface area contributed by atoms with Crippen LogP contribution in [0, 0.1) is 40.4 Å². The molecular weight excluding hydrogens is 535 g/mol. The van der Waals surface area contributed by atoms with Gasteiger partial charge in [0.05, 0.1) is 12.3 Å². The molecule has 39 heavy (non-hydrogen) atoms. The van der Waals surface area contributed by atoms with Gasteiger partial charge in [0.15, 0.2) is 25.0 Å². The fourth-order valence-corrected chi connectivity index (χ4v) is 12.6. The topological polar surface area (TPSA) is 49.3 Å². The summed E-state index contributed by atoms with van der Waals surface area (Å²) in [5.41, 5.74) is 1.68. The Bertz CT molecular complexity index is 894. The van der Waals surface area contributed by atoms with E-state index in [0.717, 1.165) is 29.9 Å². The lowest BCUT2D eigenvalue weighted by Gasteiger charge is -2.64. The molecule has 4 aliphatic rings. The van der Waals surface area contributed by atoms with E-state index in [9.17, 15) is 0 Å². The standard InChI is InChI=1S/C31H61NO4Si3/c1-30-18-17-23(35-38(7,8)9)19-22(30)13-14-24-25-15-16-26(27(32-33-3)21-34-37(4,5)6)31(25,2)20-28(29(24)30)36-39(10,11)12/h22-26,28-29H,13-21H2,1-12H3/t22-,23-,24?,25?,26?,28+,29?,30?,31?/m1/s1. The first-order chi connectivity index (χ1) is 17.9. The number of oxime groups is 1. The van der Waals surface area contributed by atoms with Crippen LogP contribution in [-0.2, 0) is 18.1 Å². The summed E-state index contributed by atoms with van der Waals surface area (Å²) in [5.74, 6) is 3.32. The van der Waals surface area contributed by atoms with E-state index in [2.05, 4.69) is 77.9 Å². The molecule has 0 saturated heterocycles. The van der Waals surface area contributed by atoms with Crippen molar-refractivity contribution in [2.24, 2.45) is 45.6 Å². The fourth-order valence-electron chi connectivity index (χ4n) is 9.62. The maximum Gasteiger partial charge on any atom is 0.184 e. The molecule has 9 atom stereocenters. The van der Waals surface area contributed by atoms with Gasteiger partial charge in [-0.15, -0.1) is 0 Å². The van der Waals surface area contributed by atoms with Crippen molar-refractivity contribution in [2.75, 3.05) is 13.7 Å². The van der Waals surface area contributed by atoms with Gasteiger partial charge in [-0.3, -0.25) is 0 Å². The molecule has 4 rings (SSSR count). The summed E-state index contributed by atoms with van der Waals surface area (Å²) in [4.78, 5) is 5.44. The molecule has 0 heterocycles. The SMILES string of the molecule is CON=C(CO[Si](C)(C)C)C1CCC2C3CC[C@@H]4C[C@H](O[Si](C)(C)C)CCC4(C)C3[C@@H](O[Si](C)(C)C)CC12C. The quantitative estimate of drug-likeness (QED) is 0.152. The summed E-state index contributed by atoms with van der Waals surface area (Å²) in [6, 6.07) is 0. The third kappa shape index (κ3) is 6.98. The van der Waals surface area contributed by atoms with Gasteiger partial charge in [0.25, 0.3) is 0 Å². The van der Waals surface area contributed by atoms with Crippen molar-refractivity contribution in [1.29, 1.82) is 0 Å². The second-order valence-electron chi connectivity index (χ2n) is 17.0. The molecule has 6 unspecified atom stereocenters. The summed E-state index contributed by atoms with van der Waals surface area (Å²) < 4.78 is 20.4. The number of rotatable bonds is 9. The molecule has 0 spiro atoms. The van der Waals surface area contributed by atoms with Gasteiger partial charge in [-0.25, -0.2) is 0 Å². The zero-order valence-electron chi connectivity index (χ0n) is 27.5. The van der Waals surface area contributed by atoms with Crippen molar-refractivity contribution in [3.05, 3.63) is 0 Å². The number of hydrogen-bond acceptors (Lipinski definition) is 5. The van der Waals surface area contributed by atoms with Crippen LogP contribution in [0.5, 0.6) is 0 Å². The van der Waals surface area contributed by atoms with E-state index in [-0.39, 0.29) is 5.41 Å². The van der Waals surface area contributed by atoms with E-state index >= 15 is 0 Å². The molecular formula is C31H61NO4Si3. The number of fused-ring (bicyclic) bond motifs is 5. The first-order valence-electron chi connectivity index (χ1n) is 16.0. The van der Waals surface area contributed by atoms with Crippen LogP contribution in [0.4, 0.5) is 0 Å². The predicted octanol–water partition coefficient (Wildman–Crippen LogP) is 8.55. The van der Waals surface area contributed by atoms with Gasteiger partial charge in [0.2, 0.25) is 0 Å². The maximum atomic E-state index is 7.26. The molecule has 0 N–H and O–H groups in total. The lowest BCUT2D eigenvalue weighted by atomic mass is 9.44. The average molecular weight is 596 g/mol. The first-order valence-corrected chi connectivity index (χ1v) is 26.2. The highest BCUT2D eigenvalue weighted by Crippen LogP contribution is 2.68. The van der Waals surface area contributed by atoms with Crippen LogP contribution in [0.25, 0.3) is 0 Å². The van der Waals surface area contributed by atoms with Crippen LogP contribution in [0.2, 0.25) is 58.9 Å². The molecule has 0 aliphatic heterocycles. The molecule has 8 heteroatoms. The van der Waals surface area contributed by atoms with Gasteiger partial charge >= 0.3 is 0 Å². The molecule has 0 amide bonds. The number of nitrogens with zero attached hydrogens (tertiary/aromatic N) is 1. The highest BCUT2D eigenvalue weighted by atomic mass is 28.4. The van der Waals surface area contributed by atoms with E-state index in [1.807, 2.05) is 0 Å². The highest BCUT2D eigenvalue weighted by Gasteiger charge is 2.64. The minimum Gasteiger partial charge on any atom is -0.415 e. The molecule has 0 aromatic carbocycles. The summed E-state index contributed by atoms with van der Waals surface area (Å²) in [6.07, 6.45) is 11.0. The molecule has 4 saturated carbocycles. The van der Waals surface area contributed by atoms with Crippen molar-refractivity contribution in [1.82, 2.24) is 0 Å². The van der Waals surface area contributed by atoms with E-state index < -0.39 is 25.0 Å². The molecule has 0 aromatic rings. The zero-order chi connectivity index (χ0) is 29.0. The van der Waals surface area contributed by atoms with Gasteiger partial charge in [0, 0.05) is 18.1 Å². The lowest BCUT2D eigenvalue weighted by molar-refractivity contribution is -0.168. The van der Waals surface area contributed by atoms with Crippen LogP contribution in [0.3, 0.4) is 0 Å². The van der Waals surface area contributed by atoms with Crippen LogP contribution in [0.15, 0.2) is 5.16 Å². The fraction of sp³-hybridized carbons (Fsp3) is 0.968. The van der Waals surface area contributed by atoms with E-state index in [1.165, 1.54) is 44.9 Å². The molecule has 226 valence electrons. The molecule has 4 aliphatic carbocycles. The molecule has 4 fully saturated rings. The van der Waals surface area contributed by atoms with Gasteiger partial charge in [-0.2, -0.15) is 0 Å². The van der Waals surface area contributed by atoms with E-state index in [0.29, 0.717) is 36.1 Å². The van der Waals surface area contributed by atoms with Crippen LogP contribution in [0.1, 0.15) is 65.2 Å². The third-order valence-corrected chi connectivity index (χ3v) is 13.9. The van der Waals surface area contributed by atoms with Crippen LogP contribution in [-0.4, -0.2) is 56.6 Å². The minimum atomic E-state index is -1.73. The first kappa shape index (κ1) is 31.9. The maximum absolute atomic E-state index is 7.26. The Balaban J connectivity index is 1.64. The minimum absolute atomic E-state index is 0.187. The number of hydrogen-bond donors (Lipinski definition) is 0. The second kappa shape index (κ2) is 11.3. The summed E-state index contributed by atoms with van der Waals surface area (Å²) in [7, 11) is -3.21. The summed E-state index contributed by atoms with van der Waals surface area (Å²) in [5, 5.41) is 4.64. The molecule has 0 radical (unpaired) electrons. The lowest BCUT2D eigenvalue weighted by Crippen LogP contribution is -2.61. The van der Waals surface area contributed by atoms with Crippen molar-refractivity contribution < 1.29 is 18.1 Å². The molecule has 0 bridgehead atoms. The van der Waals surface area contributed by atoms with E-state index in [1.54, 1.807) is 7.11 Å². The average Bonchev–Trinajstić information content (AvgIpc) is 3.10. The normalized spacial score (nSPS) is 41.5. The van der Waals surface area contributed by atoms with E-state index in [4.69, 9.17) is 18.1 Å². The Hall–Kier alpha value is 0.000649. The molecule has 5 nitrogen and oxygen atoms in total. The van der Waals surface area contributed by atoms with Gasteiger partial charge in [0.1, 0.15) is 7.11 Å². The van der Waals surface area contributed by atoms with Crippen LogP contribution < -0.4 is 0 Å². The Labute approximate surface area is 243 Å². The van der Waals surface area contributed by atoms with Gasteiger partial charge in [-0.1, -0.05) is 19.0 Å². The Morgan fingerprint density at radius 2 is 1.46 bits per heavy atom. The van der Waals surface area contributed by atoms with Crippen LogP contribution >= 0.6 is 0 Å². The predicted molar refractivity (Wildman–Crippen MR) is 171 cm³/mol. The van der Waals surface area contributed by atoms with Crippen molar-refractivity contribution >= 4 is 30.7 Å².